The number of aryl methyl sites for hydroxylation is 1. The minimum Gasteiger partial charge on any atom is -0.370 e. The molecule has 1 aliphatic rings. The zero-order valence-corrected chi connectivity index (χ0v) is 18.9. The maximum atomic E-state index is 13.2. The quantitative estimate of drug-likeness (QED) is 0.414. The Balaban J connectivity index is 1.54. The summed E-state index contributed by atoms with van der Waals surface area (Å²) in [4.78, 5) is 27.5. The monoisotopic (exact) mass is 466 g/mol. The number of benzene rings is 3. The fourth-order valence-corrected chi connectivity index (χ4v) is 3.89. The molecule has 1 aliphatic heterocycles. The number of nitrogens with one attached hydrogen (secondary N) is 3. The van der Waals surface area contributed by atoms with Crippen LogP contribution in [0.3, 0.4) is 0 Å². The summed E-state index contributed by atoms with van der Waals surface area (Å²) in [5, 5.41) is 9.06. The Bertz CT molecular complexity index is 1180. The van der Waals surface area contributed by atoms with Gasteiger partial charge in [0.2, 0.25) is 0 Å². The Morgan fingerprint density at radius 3 is 2.24 bits per heavy atom. The molecule has 3 aromatic rings. The van der Waals surface area contributed by atoms with Gasteiger partial charge in [-0.2, -0.15) is 0 Å². The van der Waals surface area contributed by atoms with Crippen LogP contribution < -0.4 is 20.9 Å². The maximum absolute atomic E-state index is 13.2. The standard InChI is InChI=1S/C25H24ClFN4O2/c1-16-4-9-19(14-21(16)26)29-25(33)30-22-15-20(10-11-23(22)31-12-2-3-13-31)28-24(32)17-5-7-18(27)8-6-17/h4-11,14-15H,2-3,12-13H2,1H3,(H,28,32)(H2,29,30,33). The zero-order valence-electron chi connectivity index (χ0n) is 18.1. The molecule has 0 saturated carbocycles. The van der Waals surface area contributed by atoms with Gasteiger partial charge in [-0.05, 0) is 79.9 Å². The van der Waals surface area contributed by atoms with Crippen molar-refractivity contribution in [1.29, 1.82) is 0 Å². The summed E-state index contributed by atoms with van der Waals surface area (Å²) in [6.07, 6.45) is 2.16. The fraction of sp³-hybridized carbons (Fsp3) is 0.200. The number of hydrogen-bond acceptors (Lipinski definition) is 3. The summed E-state index contributed by atoms with van der Waals surface area (Å²) in [5.74, 6) is -0.775. The smallest absolute Gasteiger partial charge is 0.323 e. The lowest BCUT2D eigenvalue weighted by Crippen LogP contribution is -2.24. The van der Waals surface area contributed by atoms with Gasteiger partial charge in [-0.1, -0.05) is 17.7 Å². The van der Waals surface area contributed by atoms with E-state index in [1.165, 1.54) is 24.3 Å². The number of amides is 3. The van der Waals surface area contributed by atoms with Crippen molar-refractivity contribution in [3.63, 3.8) is 0 Å². The van der Waals surface area contributed by atoms with Crippen LogP contribution in [-0.2, 0) is 0 Å². The van der Waals surface area contributed by atoms with Crippen molar-refractivity contribution in [2.75, 3.05) is 33.9 Å². The van der Waals surface area contributed by atoms with Gasteiger partial charge < -0.3 is 20.9 Å². The molecule has 0 bridgehead atoms. The zero-order chi connectivity index (χ0) is 23.4. The van der Waals surface area contributed by atoms with E-state index in [1.807, 2.05) is 19.1 Å². The highest BCUT2D eigenvalue weighted by Gasteiger charge is 2.18. The molecule has 170 valence electrons. The van der Waals surface area contributed by atoms with Crippen molar-refractivity contribution in [3.05, 3.63) is 82.6 Å². The molecule has 8 heteroatoms. The summed E-state index contributed by atoms with van der Waals surface area (Å²) in [7, 11) is 0. The molecule has 1 heterocycles. The van der Waals surface area contributed by atoms with E-state index in [0.29, 0.717) is 27.6 Å². The molecule has 0 atom stereocenters. The molecule has 0 aromatic heterocycles. The molecule has 6 nitrogen and oxygen atoms in total. The molecule has 4 rings (SSSR count). The molecule has 0 aliphatic carbocycles. The molecule has 3 N–H and O–H groups in total. The molecule has 33 heavy (non-hydrogen) atoms. The van der Waals surface area contributed by atoms with E-state index in [9.17, 15) is 14.0 Å². The number of halogens is 2. The van der Waals surface area contributed by atoms with Gasteiger partial charge in [-0.3, -0.25) is 4.79 Å². The Hall–Kier alpha value is -3.58. The first-order chi connectivity index (χ1) is 15.9. The van der Waals surface area contributed by atoms with Crippen LogP contribution in [0, 0.1) is 12.7 Å². The third-order valence-corrected chi connectivity index (χ3v) is 5.89. The first-order valence-electron chi connectivity index (χ1n) is 10.7. The van der Waals surface area contributed by atoms with Crippen LogP contribution in [0.5, 0.6) is 0 Å². The van der Waals surface area contributed by atoms with Crippen molar-refractivity contribution in [2.45, 2.75) is 19.8 Å². The topological polar surface area (TPSA) is 73.5 Å². The highest BCUT2D eigenvalue weighted by molar-refractivity contribution is 6.31. The molecular formula is C25H24ClFN4O2. The second kappa shape index (κ2) is 9.92. The van der Waals surface area contributed by atoms with Crippen molar-refractivity contribution >= 4 is 46.3 Å². The fourth-order valence-electron chi connectivity index (χ4n) is 3.71. The van der Waals surface area contributed by atoms with Crippen molar-refractivity contribution in [3.8, 4) is 0 Å². The van der Waals surface area contributed by atoms with Gasteiger partial charge in [-0.25, -0.2) is 9.18 Å². The van der Waals surface area contributed by atoms with Crippen molar-refractivity contribution in [2.24, 2.45) is 0 Å². The number of urea groups is 1. The number of nitrogens with zero attached hydrogens (tertiary/aromatic N) is 1. The van der Waals surface area contributed by atoms with Crippen molar-refractivity contribution < 1.29 is 14.0 Å². The lowest BCUT2D eigenvalue weighted by atomic mass is 10.2. The summed E-state index contributed by atoms with van der Waals surface area (Å²) < 4.78 is 13.2. The molecular weight excluding hydrogens is 443 g/mol. The SMILES string of the molecule is Cc1ccc(NC(=O)Nc2cc(NC(=O)c3ccc(F)cc3)ccc2N2CCCC2)cc1Cl. The average molecular weight is 467 g/mol. The number of carbonyl (C=O) groups is 2. The normalized spacial score (nSPS) is 13.0. The largest absolute Gasteiger partial charge is 0.370 e. The van der Waals surface area contributed by atoms with Gasteiger partial charge in [0, 0.05) is 35.1 Å². The minimum atomic E-state index is -0.419. The predicted molar refractivity (Wildman–Crippen MR) is 131 cm³/mol. The molecule has 1 saturated heterocycles. The summed E-state index contributed by atoms with van der Waals surface area (Å²) >= 11 is 6.16. The summed E-state index contributed by atoms with van der Waals surface area (Å²) in [6, 6.07) is 15.6. The Morgan fingerprint density at radius 1 is 0.879 bits per heavy atom. The van der Waals surface area contributed by atoms with Crippen LogP contribution in [0.2, 0.25) is 5.02 Å². The number of rotatable bonds is 5. The number of carbonyl (C=O) groups excluding carboxylic acids is 2. The first kappa shape index (κ1) is 22.6. The number of hydrogen-bond donors (Lipinski definition) is 3. The Morgan fingerprint density at radius 2 is 1.55 bits per heavy atom. The van der Waals surface area contributed by atoms with E-state index < -0.39 is 11.8 Å². The highest BCUT2D eigenvalue weighted by Crippen LogP contribution is 2.32. The second-order valence-corrected chi connectivity index (χ2v) is 8.34. The van der Waals surface area contributed by atoms with E-state index in [1.54, 1.807) is 24.3 Å². The Labute approximate surface area is 196 Å². The summed E-state index contributed by atoms with van der Waals surface area (Å²) in [6.45, 7) is 3.68. The van der Waals surface area contributed by atoms with Crippen LogP contribution >= 0.6 is 11.6 Å². The molecule has 0 spiro atoms. The van der Waals surface area contributed by atoms with Gasteiger partial charge in [0.15, 0.2) is 0 Å². The first-order valence-corrected chi connectivity index (χ1v) is 11.1. The Kier molecular flexibility index (Phi) is 6.79. The van der Waals surface area contributed by atoms with E-state index in [4.69, 9.17) is 11.6 Å². The highest BCUT2D eigenvalue weighted by atomic mass is 35.5. The third kappa shape index (κ3) is 5.62. The molecule has 0 radical (unpaired) electrons. The van der Waals surface area contributed by atoms with Crippen LogP contribution in [0.25, 0.3) is 0 Å². The van der Waals surface area contributed by atoms with Crippen molar-refractivity contribution in [1.82, 2.24) is 0 Å². The van der Waals surface area contributed by atoms with Gasteiger partial charge >= 0.3 is 6.03 Å². The van der Waals surface area contributed by atoms with E-state index >= 15 is 0 Å². The molecule has 0 unspecified atom stereocenters. The van der Waals surface area contributed by atoms with E-state index in [-0.39, 0.29) is 5.91 Å². The average Bonchev–Trinajstić information content (AvgIpc) is 3.31. The van der Waals surface area contributed by atoms with Crippen LogP contribution in [0.15, 0.2) is 60.7 Å². The van der Waals surface area contributed by atoms with Gasteiger partial charge in [-0.15, -0.1) is 0 Å². The summed E-state index contributed by atoms with van der Waals surface area (Å²) in [5.41, 5.74) is 3.80. The van der Waals surface area contributed by atoms with Gasteiger partial charge in [0.1, 0.15) is 5.82 Å². The van der Waals surface area contributed by atoms with Crippen LogP contribution in [0.1, 0.15) is 28.8 Å². The van der Waals surface area contributed by atoms with Crippen LogP contribution in [-0.4, -0.2) is 25.0 Å². The van der Waals surface area contributed by atoms with Crippen LogP contribution in [0.4, 0.5) is 31.9 Å². The third-order valence-electron chi connectivity index (χ3n) is 5.49. The molecule has 1 fully saturated rings. The lowest BCUT2D eigenvalue weighted by Gasteiger charge is -2.22. The lowest BCUT2D eigenvalue weighted by molar-refractivity contribution is 0.102. The predicted octanol–water partition coefficient (Wildman–Crippen LogP) is 6.28. The van der Waals surface area contributed by atoms with Gasteiger partial charge in [0.25, 0.3) is 5.91 Å². The van der Waals surface area contributed by atoms with E-state index in [0.717, 1.165) is 37.2 Å². The molecule has 3 amide bonds. The van der Waals surface area contributed by atoms with Gasteiger partial charge in [0.05, 0.1) is 11.4 Å². The maximum Gasteiger partial charge on any atom is 0.323 e. The molecule has 3 aromatic carbocycles. The van der Waals surface area contributed by atoms with E-state index in [2.05, 4.69) is 20.9 Å². The minimum absolute atomic E-state index is 0.337. The second-order valence-electron chi connectivity index (χ2n) is 7.93. The number of anilines is 4.